The first-order valence-electron chi connectivity index (χ1n) is 12.5. The van der Waals surface area contributed by atoms with E-state index in [1.165, 1.54) is 13.5 Å². The molecule has 8 nitrogen and oxygen atoms in total. The van der Waals surface area contributed by atoms with Gasteiger partial charge in [0, 0.05) is 36.6 Å². The predicted molar refractivity (Wildman–Crippen MR) is 142 cm³/mol. The summed E-state index contributed by atoms with van der Waals surface area (Å²) in [6.45, 7) is 5.05. The standard InChI is InChI=1S/C25H30B3N3O5/c26-20-12-25(27,24(34)31(28)23(20)33)30-14-19-18(22(30)32)2-1-3-21(19)36-15-17-6-4-16(5-7-17)13-29-8-10-35-11-9-29/h1-7,20H,8-15,26-28H2. The third-order valence-electron chi connectivity index (χ3n) is 7.67. The summed E-state index contributed by atoms with van der Waals surface area (Å²) in [6, 6.07) is 13.9. The van der Waals surface area contributed by atoms with Crippen LogP contribution in [0.3, 0.4) is 0 Å². The summed E-state index contributed by atoms with van der Waals surface area (Å²) in [5, 5.41) is 0. The Hall–Kier alpha value is -3.04. The number of imide groups is 1. The maximum Gasteiger partial charge on any atom is 0.254 e. The molecule has 36 heavy (non-hydrogen) atoms. The van der Waals surface area contributed by atoms with E-state index in [9.17, 15) is 14.4 Å². The molecular weight excluding hydrogens is 455 g/mol. The molecule has 3 heterocycles. The summed E-state index contributed by atoms with van der Waals surface area (Å²) in [6.07, 6.45) is 0.307. The number of piperidine rings is 1. The quantitative estimate of drug-likeness (QED) is 0.391. The minimum atomic E-state index is -1.08. The monoisotopic (exact) mass is 485 g/mol. The van der Waals surface area contributed by atoms with Gasteiger partial charge in [0.1, 0.15) is 28.0 Å². The molecule has 0 radical (unpaired) electrons. The van der Waals surface area contributed by atoms with Crippen LogP contribution in [0.15, 0.2) is 42.5 Å². The Bertz CT molecular complexity index is 1190. The summed E-state index contributed by atoms with van der Waals surface area (Å²) in [5.74, 6) is -0.442. The number of hydrogen-bond donors (Lipinski definition) is 0. The summed E-state index contributed by atoms with van der Waals surface area (Å²) < 4.78 is 11.6. The normalized spacial score (nSPS) is 24.8. The molecule has 2 atom stereocenters. The van der Waals surface area contributed by atoms with Gasteiger partial charge in [-0.05, 0) is 29.7 Å². The van der Waals surface area contributed by atoms with E-state index in [-0.39, 0.29) is 30.1 Å². The number of carbonyl (C=O) groups is 3. The van der Waals surface area contributed by atoms with Crippen molar-refractivity contribution in [2.45, 2.75) is 37.4 Å². The lowest BCUT2D eigenvalue weighted by atomic mass is 9.61. The predicted octanol–water partition coefficient (Wildman–Crippen LogP) is -0.888. The van der Waals surface area contributed by atoms with Crippen molar-refractivity contribution in [1.82, 2.24) is 14.6 Å². The minimum Gasteiger partial charge on any atom is -0.489 e. The maximum absolute atomic E-state index is 13.4. The van der Waals surface area contributed by atoms with Crippen LogP contribution < -0.4 is 4.74 Å². The zero-order valence-corrected chi connectivity index (χ0v) is 21.2. The molecule has 3 aliphatic heterocycles. The highest BCUT2D eigenvalue weighted by Gasteiger charge is 2.52. The van der Waals surface area contributed by atoms with Gasteiger partial charge >= 0.3 is 0 Å². The smallest absolute Gasteiger partial charge is 0.254 e. The van der Waals surface area contributed by atoms with E-state index in [0.717, 1.165) is 48.8 Å². The van der Waals surface area contributed by atoms with Crippen molar-refractivity contribution in [2.24, 2.45) is 0 Å². The molecule has 184 valence electrons. The first-order valence-corrected chi connectivity index (χ1v) is 12.5. The first-order chi connectivity index (χ1) is 17.3. The van der Waals surface area contributed by atoms with Crippen molar-refractivity contribution in [3.63, 3.8) is 0 Å². The van der Waals surface area contributed by atoms with Crippen LogP contribution in [0.5, 0.6) is 5.75 Å². The molecule has 2 unspecified atom stereocenters. The van der Waals surface area contributed by atoms with Crippen LogP contribution in [0.25, 0.3) is 0 Å². The van der Waals surface area contributed by atoms with Crippen molar-refractivity contribution < 1.29 is 23.9 Å². The number of amides is 3. The van der Waals surface area contributed by atoms with Gasteiger partial charge in [-0.1, -0.05) is 30.3 Å². The molecule has 2 fully saturated rings. The van der Waals surface area contributed by atoms with Crippen LogP contribution in [0, 0.1) is 0 Å². The Kier molecular flexibility index (Phi) is 6.70. The fourth-order valence-corrected chi connectivity index (χ4v) is 5.55. The number of nitrogens with zero attached hydrogens (tertiary/aromatic N) is 3. The van der Waals surface area contributed by atoms with Crippen molar-refractivity contribution in [1.29, 1.82) is 0 Å². The Morgan fingerprint density at radius 3 is 2.44 bits per heavy atom. The van der Waals surface area contributed by atoms with Gasteiger partial charge in [0.2, 0.25) is 19.8 Å². The summed E-state index contributed by atoms with van der Waals surface area (Å²) in [4.78, 5) is 43.9. The van der Waals surface area contributed by atoms with Crippen LogP contribution in [0.2, 0.25) is 5.82 Å². The van der Waals surface area contributed by atoms with E-state index < -0.39 is 5.44 Å². The first kappa shape index (κ1) is 24.7. The van der Waals surface area contributed by atoms with Crippen LogP contribution >= 0.6 is 0 Å². The molecule has 3 aliphatic rings. The fraction of sp³-hybridized carbons (Fsp3) is 0.400. The van der Waals surface area contributed by atoms with E-state index in [0.29, 0.717) is 24.3 Å². The largest absolute Gasteiger partial charge is 0.489 e. The van der Waals surface area contributed by atoms with Crippen LogP contribution in [-0.4, -0.2) is 87.7 Å². The molecule has 0 bridgehead atoms. The maximum atomic E-state index is 13.4. The summed E-state index contributed by atoms with van der Waals surface area (Å²) in [7, 11) is 5.06. The van der Waals surface area contributed by atoms with E-state index in [2.05, 4.69) is 29.2 Å². The molecule has 0 N–H and O–H groups in total. The minimum absolute atomic E-state index is 0.200. The van der Waals surface area contributed by atoms with Gasteiger partial charge in [-0.3, -0.25) is 19.3 Å². The number of benzene rings is 2. The van der Waals surface area contributed by atoms with E-state index in [1.807, 2.05) is 12.1 Å². The topological polar surface area (TPSA) is 79.4 Å². The highest BCUT2D eigenvalue weighted by atomic mass is 16.5. The van der Waals surface area contributed by atoms with Crippen LogP contribution in [-0.2, 0) is 34.0 Å². The molecule has 3 amide bonds. The molecule has 11 heteroatoms. The molecule has 0 aromatic heterocycles. The fourth-order valence-electron chi connectivity index (χ4n) is 5.55. The van der Waals surface area contributed by atoms with Crippen molar-refractivity contribution in [3.8, 4) is 5.75 Å². The average molecular weight is 485 g/mol. The Balaban J connectivity index is 1.28. The van der Waals surface area contributed by atoms with E-state index in [4.69, 9.17) is 9.47 Å². The average Bonchev–Trinajstić information content (AvgIpc) is 3.24. The zero-order chi connectivity index (χ0) is 25.4. The van der Waals surface area contributed by atoms with Crippen molar-refractivity contribution in [3.05, 3.63) is 64.7 Å². The number of morpholine rings is 1. The van der Waals surface area contributed by atoms with Crippen LogP contribution in [0.4, 0.5) is 0 Å². The third-order valence-corrected chi connectivity index (χ3v) is 7.67. The second-order valence-corrected chi connectivity index (χ2v) is 10.2. The number of ether oxygens (including phenoxy) is 2. The van der Waals surface area contributed by atoms with Gasteiger partial charge in [-0.2, -0.15) is 0 Å². The lowest BCUT2D eigenvalue weighted by Gasteiger charge is -2.45. The lowest BCUT2D eigenvalue weighted by molar-refractivity contribution is -0.147. The number of carbonyl (C=O) groups excluding carboxylic acids is 3. The highest BCUT2D eigenvalue weighted by Crippen LogP contribution is 2.39. The molecule has 0 spiro atoms. The van der Waals surface area contributed by atoms with Crippen LogP contribution in [0.1, 0.15) is 33.5 Å². The number of hydrogen-bond acceptors (Lipinski definition) is 6. The summed E-state index contributed by atoms with van der Waals surface area (Å²) in [5.41, 5.74) is 2.56. The molecule has 2 aromatic rings. The SMILES string of the molecule is BC1CC(B)(N2Cc3c(OCc4ccc(CN5CCOCC5)cc4)cccc3C2=O)C(=O)N(B)C1=O. The zero-order valence-electron chi connectivity index (χ0n) is 21.2. The van der Waals surface area contributed by atoms with Gasteiger partial charge in [-0.25, -0.2) is 0 Å². The second kappa shape index (κ2) is 9.79. The van der Waals surface area contributed by atoms with Crippen molar-refractivity contribution >= 4 is 41.4 Å². The second-order valence-electron chi connectivity index (χ2n) is 10.2. The number of rotatable bonds is 6. The van der Waals surface area contributed by atoms with Gasteiger partial charge in [0.05, 0.1) is 25.2 Å². The van der Waals surface area contributed by atoms with Gasteiger partial charge in [0.15, 0.2) is 0 Å². The van der Waals surface area contributed by atoms with Gasteiger partial charge in [0.25, 0.3) is 5.91 Å². The Morgan fingerprint density at radius 1 is 1.03 bits per heavy atom. The van der Waals surface area contributed by atoms with Gasteiger partial charge < -0.3 is 19.2 Å². The van der Waals surface area contributed by atoms with E-state index in [1.54, 1.807) is 26.7 Å². The lowest BCUT2D eigenvalue weighted by Crippen LogP contribution is -2.65. The third kappa shape index (κ3) is 4.46. The molecule has 0 aliphatic carbocycles. The summed E-state index contributed by atoms with van der Waals surface area (Å²) >= 11 is 0. The molecular formula is C25H30B3N3O5. The molecule has 2 saturated heterocycles. The van der Waals surface area contributed by atoms with Crippen molar-refractivity contribution in [2.75, 3.05) is 26.3 Å². The number of fused-ring (bicyclic) bond motifs is 1. The van der Waals surface area contributed by atoms with E-state index >= 15 is 0 Å². The Morgan fingerprint density at radius 2 is 1.72 bits per heavy atom. The molecule has 5 rings (SSSR count). The Labute approximate surface area is 214 Å². The van der Waals surface area contributed by atoms with Gasteiger partial charge in [-0.15, -0.1) is 0 Å². The highest BCUT2D eigenvalue weighted by molar-refractivity contribution is 6.42. The molecule has 2 aromatic carbocycles. The molecule has 0 saturated carbocycles.